The first-order chi connectivity index (χ1) is 7.04. The highest BCUT2D eigenvalue weighted by atomic mass is 16.1. The summed E-state index contributed by atoms with van der Waals surface area (Å²) in [6.07, 6.45) is 5.02. The van der Waals surface area contributed by atoms with Crippen LogP contribution in [-0.4, -0.2) is 11.9 Å². The van der Waals surface area contributed by atoms with Crippen LogP contribution < -0.4 is 5.32 Å². The zero-order chi connectivity index (χ0) is 11.4. The Hall–Kier alpha value is -0.790. The minimum Gasteiger partial charge on any atom is -0.350 e. The van der Waals surface area contributed by atoms with Gasteiger partial charge in [-0.1, -0.05) is 33.8 Å². The molecule has 0 saturated heterocycles. The largest absolute Gasteiger partial charge is 0.350 e. The van der Waals surface area contributed by atoms with Crippen LogP contribution in [-0.2, 0) is 4.79 Å². The van der Waals surface area contributed by atoms with E-state index in [0.29, 0.717) is 17.9 Å². The molecule has 0 aliphatic heterocycles. The number of carbonyl (C=O) groups is 1. The molecule has 1 aliphatic rings. The fourth-order valence-corrected chi connectivity index (χ4v) is 2.61. The molecule has 1 fully saturated rings. The molecule has 3 atom stereocenters. The summed E-state index contributed by atoms with van der Waals surface area (Å²) in [6.45, 7) is 10.3. The molecule has 15 heavy (non-hydrogen) atoms. The first-order valence-corrected chi connectivity index (χ1v) is 5.97. The first-order valence-electron chi connectivity index (χ1n) is 5.97. The van der Waals surface area contributed by atoms with Gasteiger partial charge in [-0.15, -0.1) is 0 Å². The van der Waals surface area contributed by atoms with Gasteiger partial charge in [0, 0.05) is 6.04 Å². The van der Waals surface area contributed by atoms with Crippen LogP contribution >= 0.6 is 0 Å². The van der Waals surface area contributed by atoms with Crippen LogP contribution in [0.15, 0.2) is 12.7 Å². The Kier molecular flexibility index (Phi) is 4.37. The molecule has 1 aliphatic carbocycles. The third kappa shape index (κ3) is 3.37. The number of rotatable bonds is 3. The molecule has 2 nitrogen and oxygen atoms in total. The number of amides is 1. The molecular formula is C13H23NO. The predicted molar refractivity (Wildman–Crippen MR) is 63.5 cm³/mol. The van der Waals surface area contributed by atoms with Crippen molar-refractivity contribution >= 4 is 5.91 Å². The summed E-state index contributed by atoms with van der Waals surface area (Å²) in [5, 5.41) is 3.07. The summed E-state index contributed by atoms with van der Waals surface area (Å²) in [4.78, 5) is 11.3. The topological polar surface area (TPSA) is 29.1 Å². The van der Waals surface area contributed by atoms with Gasteiger partial charge >= 0.3 is 0 Å². The van der Waals surface area contributed by atoms with Crippen molar-refractivity contribution in [1.82, 2.24) is 5.32 Å². The molecule has 0 heterocycles. The third-order valence-electron chi connectivity index (χ3n) is 3.54. The maximum atomic E-state index is 11.3. The van der Waals surface area contributed by atoms with Crippen molar-refractivity contribution < 1.29 is 4.79 Å². The summed E-state index contributed by atoms with van der Waals surface area (Å²) in [5.74, 6) is 1.98. The van der Waals surface area contributed by atoms with Gasteiger partial charge in [0.1, 0.15) is 0 Å². The van der Waals surface area contributed by atoms with Crippen LogP contribution in [0.5, 0.6) is 0 Å². The predicted octanol–water partition coefficient (Wildman–Crippen LogP) is 2.75. The Labute approximate surface area is 93.1 Å². The molecule has 0 aromatic heterocycles. The monoisotopic (exact) mass is 209 g/mol. The molecule has 0 radical (unpaired) electrons. The summed E-state index contributed by atoms with van der Waals surface area (Å²) >= 11 is 0. The van der Waals surface area contributed by atoms with Gasteiger partial charge < -0.3 is 5.32 Å². The normalized spacial score (nSPS) is 31.3. The van der Waals surface area contributed by atoms with Crippen LogP contribution in [0.3, 0.4) is 0 Å². The van der Waals surface area contributed by atoms with E-state index < -0.39 is 0 Å². The molecule has 0 unspecified atom stereocenters. The average molecular weight is 209 g/mol. The quantitative estimate of drug-likeness (QED) is 0.711. The highest BCUT2D eigenvalue weighted by molar-refractivity contribution is 5.87. The fraction of sp³-hybridized carbons (Fsp3) is 0.769. The highest BCUT2D eigenvalue weighted by Gasteiger charge is 2.31. The lowest BCUT2D eigenvalue weighted by molar-refractivity contribution is -0.118. The first kappa shape index (κ1) is 12.3. The highest BCUT2D eigenvalue weighted by Crippen LogP contribution is 2.33. The van der Waals surface area contributed by atoms with Crippen molar-refractivity contribution in [1.29, 1.82) is 0 Å². The molecule has 0 aromatic rings. The average Bonchev–Trinajstić information content (AvgIpc) is 2.17. The Morgan fingerprint density at radius 2 is 2.13 bits per heavy atom. The molecule has 1 N–H and O–H groups in total. The summed E-state index contributed by atoms with van der Waals surface area (Å²) in [7, 11) is 0. The van der Waals surface area contributed by atoms with Crippen LogP contribution in [0.4, 0.5) is 0 Å². The van der Waals surface area contributed by atoms with Crippen molar-refractivity contribution in [2.24, 2.45) is 17.8 Å². The molecule has 0 aromatic carbocycles. The fourth-order valence-electron chi connectivity index (χ4n) is 2.61. The van der Waals surface area contributed by atoms with Crippen LogP contribution in [0.2, 0.25) is 0 Å². The maximum absolute atomic E-state index is 11.3. The molecular weight excluding hydrogens is 186 g/mol. The maximum Gasteiger partial charge on any atom is 0.243 e. The van der Waals surface area contributed by atoms with Crippen molar-refractivity contribution in [3.05, 3.63) is 12.7 Å². The van der Waals surface area contributed by atoms with Crippen molar-refractivity contribution in [2.75, 3.05) is 0 Å². The van der Waals surface area contributed by atoms with Crippen molar-refractivity contribution in [3.8, 4) is 0 Å². The standard InChI is InChI=1S/C13H23NO/c1-5-13(15)14-12-8-10(4)6-7-11(12)9(2)3/h5,9-12H,1,6-8H2,2-4H3,(H,14,15)/t10-,11+,12-/m1/s1. The zero-order valence-electron chi connectivity index (χ0n) is 10.1. The summed E-state index contributed by atoms with van der Waals surface area (Å²) in [5.41, 5.74) is 0. The van der Waals surface area contributed by atoms with Gasteiger partial charge in [0.15, 0.2) is 0 Å². The lowest BCUT2D eigenvalue weighted by Gasteiger charge is -2.37. The van der Waals surface area contributed by atoms with Gasteiger partial charge in [-0.25, -0.2) is 0 Å². The minimum atomic E-state index is -0.0280. The van der Waals surface area contributed by atoms with Crippen LogP contribution in [0.25, 0.3) is 0 Å². The molecule has 1 saturated carbocycles. The Morgan fingerprint density at radius 1 is 1.47 bits per heavy atom. The second-order valence-electron chi connectivity index (χ2n) is 5.15. The van der Waals surface area contributed by atoms with E-state index in [-0.39, 0.29) is 5.91 Å². The minimum absolute atomic E-state index is 0.0280. The smallest absolute Gasteiger partial charge is 0.243 e. The van der Waals surface area contributed by atoms with E-state index in [1.807, 2.05) is 0 Å². The van der Waals surface area contributed by atoms with E-state index in [4.69, 9.17) is 0 Å². The lowest BCUT2D eigenvalue weighted by Crippen LogP contribution is -2.45. The van der Waals surface area contributed by atoms with Gasteiger partial charge in [0.05, 0.1) is 0 Å². The lowest BCUT2D eigenvalue weighted by atomic mass is 9.74. The molecule has 2 heteroatoms. The van der Waals surface area contributed by atoms with E-state index in [1.165, 1.54) is 18.9 Å². The van der Waals surface area contributed by atoms with Crippen molar-refractivity contribution in [2.45, 2.75) is 46.1 Å². The van der Waals surface area contributed by atoms with Crippen LogP contribution in [0.1, 0.15) is 40.0 Å². The van der Waals surface area contributed by atoms with E-state index in [2.05, 4.69) is 32.7 Å². The van der Waals surface area contributed by atoms with Gasteiger partial charge in [-0.3, -0.25) is 4.79 Å². The molecule has 1 amide bonds. The number of carbonyl (C=O) groups excluding carboxylic acids is 1. The summed E-state index contributed by atoms with van der Waals surface area (Å²) in [6, 6.07) is 0.347. The van der Waals surface area contributed by atoms with Gasteiger partial charge in [0.2, 0.25) is 5.91 Å². The third-order valence-corrected chi connectivity index (χ3v) is 3.54. The second-order valence-corrected chi connectivity index (χ2v) is 5.15. The van der Waals surface area contributed by atoms with E-state index in [0.717, 1.165) is 12.3 Å². The van der Waals surface area contributed by atoms with Gasteiger partial charge in [-0.2, -0.15) is 0 Å². The SMILES string of the molecule is C=CC(=O)N[C@@H]1C[C@H](C)CC[C@H]1C(C)C. The number of hydrogen-bond donors (Lipinski definition) is 1. The zero-order valence-corrected chi connectivity index (χ0v) is 10.1. The molecule has 1 rings (SSSR count). The molecule has 86 valence electrons. The molecule has 0 bridgehead atoms. The van der Waals surface area contributed by atoms with E-state index in [1.54, 1.807) is 0 Å². The summed E-state index contributed by atoms with van der Waals surface area (Å²) < 4.78 is 0. The van der Waals surface area contributed by atoms with Crippen molar-refractivity contribution in [3.63, 3.8) is 0 Å². The molecule has 0 spiro atoms. The van der Waals surface area contributed by atoms with E-state index >= 15 is 0 Å². The Balaban J connectivity index is 2.61. The Morgan fingerprint density at radius 3 is 2.67 bits per heavy atom. The number of nitrogens with one attached hydrogen (secondary N) is 1. The van der Waals surface area contributed by atoms with Gasteiger partial charge in [0.25, 0.3) is 0 Å². The van der Waals surface area contributed by atoms with Gasteiger partial charge in [-0.05, 0) is 36.7 Å². The Bertz CT molecular complexity index is 235. The van der Waals surface area contributed by atoms with E-state index in [9.17, 15) is 4.79 Å². The van der Waals surface area contributed by atoms with Crippen LogP contribution in [0, 0.1) is 17.8 Å². The second kappa shape index (κ2) is 5.34. The number of hydrogen-bond acceptors (Lipinski definition) is 1.